The number of aryl methyl sites for hydroxylation is 1. The van der Waals surface area contributed by atoms with Crippen molar-refractivity contribution >= 4 is 5.91 Å². The van der Waals surface area contributed by atoms with E-state index in [1.54, 1.807) is 11.8 Å². The van der Waals surface area contributed by atoms with Gasteiger partial charge in [-0.25, -0.2) is 0 Å². The molecule has 1 aromatic rings. The van der Waals surface area contributed by atoms with E-state index in [1.165, 1.54) is 0 Å². The highest BCUT2D eigenvalue weighted by atomic mass is 16.5. The second-order valence-corrected chi connectivity index (χ2v) is 4.57. The minimum Gasteiger partial charge on any atom is -0.481 e. The van der Waals surface area contributed by atoms with Crippen molar-refractivity contribution in [3.8, 4) is 5.75 Å². The summed E-state index contributed by atoms with van der Waals surface area (Å²) in [6.45, 7) is 6.97. The molecule has 4 nitrogen and oxygen atoms in total. The summed E-state index contributed by atoms with van der Waals surface area (Å²) in [5.41, 5.74) is 1.16. The third kappa shape index (κ3) is 4.91. The summed E-state index contributed by atoms with van der Waals surface area (Å²) < 4.78 is 5.64. The maximum absolute atomic E-state index is 12.2. The number of aliphatic hydroxyl groups excluding tert-OH is 1. The van der Waals surface area contributed by atoms with E-state index < -0.39 is 6.10 Å². The number of carbonyl (C=O) groups is 1. The number of nitrogens with zero attached hydrogens (tertiary/aromatic N) is 1. The molecular formula is C15H23NO3. The molecule has 0 bridgehead atoms. The molecule has 19 heavy (non-hydrogen) atoms. The van der Waals surface area contributed by atoms with Gasteiger partial charge >= 0.3 is 0 Å². The van der Waals surface area contributed by atoms with Crippen LogP contribution in [0.1, 0.15) is 25.8 Å². The normalized spacial score (nSPS) is 12.0. The summed E-state index contributed by atoms with van der Waals surface area (Å²) in [6, 6.07) is 7.64. The van der Waals surface area contributed by atoms with Crippen LogP contribution in [0.2, 0.25) is 0 Å². The number of ether oxygens (including phenoxy) is 1. The van der Waals surface area contributed by atoms with Gasteiger partial charge in [-0.3, -0.25) is 4.79 Å². The molecule has 0 saturated heterocycles. The lowest BCUT2D eigenvalue weighted by molar-refractivity contribution is -0.137. The van der Waals surface area contributed by atoms with Gasteiger partial charge in [0.05, 0.1) is 0 Å². The fraction of sp³-hybridized carbons (Fsp3) is 0.533. The van der Waals surface area contributed by atoms with Crippen molar-refractivity contribution in [3.63, 3.8) is 0 Å². The lowest BCUT2D eigenvalue weighted by atomic mass is 10.2. The van der Waals surface area contributed by atoms with Crippen molar-refractivity contribution in [1.29, 1.82) is 0 Å². The van der Waals surface area contributed by atoms with Crippen LogP contribution < -0.4 is 4.74 Å². The molecule has 0 spiro atoms. The van der Waals surface area contributed by atoms with Gasteiger partial charge in [-0.2, -0.15) is 0 Å². The highest BCUT2D eigenvalue weighted by molar-refractivity contribution is 5.80. The zero-order valence-corrected chi connectivity index (χ0v) is 11.9. The third-order valence-corrected chi connectivity index (χ3v) is 2.96. The van der Waals surface area contributed by atoms with Gasteiger partial charge in [-0.05, 0) is 39.3 Å². The predicted octanol–water partition coefficient (Wildman–Crippen LogP) is 1.99. The van der Waals surface area contributed by atoms with Crippen molar-refractivity contribution in [2.45, 2.75) is 33.3 Å². The molecular weight excluding hydrogens is 242 g/mol. The Morgan fingerprint density at radius 2 is 2.00 bits per heavy atom. The second-order valence-electron chi connectivity index (χ2n) is 4.57. The van der Waals surface area contributed by atoms with Crippen molar-refractivity contribution < 1.29 is 14.6 Å². The van der Waals surface area contributed by atoms with Gasteiger partial charge in [0.25, 0.3) is 5.91 Å². The Morgan fingerprint density at radius 3 is 2.53 bits per heavy atom. The summed E-state index contributed by atoms with van der Waals surface area (Å²) in [4.78, 5) is 13.9. The first-order valence-corrected chi connectivity index (χ1v) is 6.71. The summed E-state index contributed by atoms with van der Waals surface area (Å²) in [5.74, 6) is 0.654. The molecule has 0 fully saturated rings. The first-order valence-electron chi connectivity index (χ1n) is 6.71. The van der Waals surface area contributed by atoms with Gasteiger partial charge in [0.15, 0.2) is 6.10 Å². The number of hydrogen-bond donors (Lipinski definition) is 1. The van der Waals surface area contributed by atoms with Crippen LogP contribution in [0.25, 0.3) is 0 Å². The fourth-order valence-corrected chi connectivity index (χ4v) is 1.81. The van der Waals surface area contributed by atoms with E-state index in [0.717, 1.165) is 5.56 Å². The van der Waals surface area contributed by atoms with E-state index in [2.05, 4.69) is 0 Å². The average Bonchev–Trinajstić information content (AvgIpc) is 2.42. The molecule has 1 atom stereocenters. The topological polar surface area (TPSA) is 49.8 Å². The van der Waals surface area contributed by atoms with Crippen LogP contribution in [0.15, 0.2) is 24.3 Å². The molecule has 1 amide bonds. The smallest absolute Gasteiger partial charge is 0.263 e. The van der Waals surface area contributed by atoms with Gasteiger partial charge in [0, 0.05) is 19.7 Å². The summed E-state index contributed by atoms with van der Waals surface area (Å²) in [6.07, 6.45) is 0.0814. The van der Waals surface area contributed by atoms with Crippen molar-refractivity contribution in [3.05, 3.63) is 29.8 Å². The SMILES string of the molecule is CCN(CCCO)C(=O)C(C)Oc1ccc(C)cc1. The first-order chi connectivity index (χ1) is 9.08. The Bertz CT molecular complexity index is 389. The van der Waals surface area contributed by atoms with E-state index in [4.69, 9.17) is 9.84 Å². The first kappa shape index (κ1) is 15.5. The summed E-state index contributed by atoms with van der Waals surface area (Å²) in [7, 11) is 0. The monoisotopic (exact) mass is 265 g/mol. The Kier molecular flexibility index (Phi) is 6.36. The van der Waals surface area contributed by atoms with Crippen LogP contribution in [0.5, 0.6) is 5.75 Å². The zero-order valence-electron chi connectivity index (χ0n) is 11.9. The highest BCUT2D eigenvalue weighted by Gasteiger charge is 2.20. The lowest BCUT2D eigenvalue weighted by Crippen LogP contribution is -2.41. The van der Waals surface area contributed by atoms with Crippen LogP contribution >= 0.6 is 0 Å². The van der Waals surface area contributed by atoms with Gasteiger partial charge in [-0.1, -0.05) is 17.7 Å². The summed E-state index contributed by atoms with van der Waals surface area (Å²) in [5, 5.41) is 8.82. The molecule has 0 heterocycles. The Hall–Kier alpha value is -1.55. The molecule has 106 valence electrons. The van der Waals surface area contributed by atoms with Crippen LogP contribution in [0, 0.1) is 6.92 Å². The van der Waals surface area contributed by atoms with Crippen molar-refractivity contribution in [2.75, 3.05) is 19.7 Å². The maximum atomic E-state index is 12.2. The number of hydrogen-bond acceptors (Lipinski definition) is 3. The molecule has 4 heteroatoms. The number of likely N-dealkylation sites (N-methyl/N-ethyl adjacent to an activating group) is 1. The summed E-state index contributed by atoms with van der Waals surface area (Å²) >= 11 is 0. The number of amides is 1. The highest BCUT2D eigenvalue weighted by Crippen LogP contribution is 2.14. The molecule has 1 rings (SSSR count). The van der Waals surface area contributed by atoms with Gasteiger partial charge in [0.1, 0.15) is 5.75 Å². The molecule has 0 aliphatic heterocycles. The molecule has 0 aromatic heterocycles. The van der Waals surface area contributed by atoms with Gasteiger partial charge in [0.2, 0.25) is 0 Å². The third-order valence-electron chi connectivity index (χ3n) is 2.96. The molecule has 0 aliphatic carbocycles. The van der Waals surface area contributed by atoms with E-state index >= 15 is 0 Å². The predicted molar refractivity (Wildman–Crippen MR) is 75.2 cm³/mol. The molecule has 0 saturated carbocycles. The number of rotatable bonds is 7. The molecule has 1 aromatic carbocycles. The number of benzene rings is 1. The van der Waals surface area contributed by atoms with E-state index in [9.17, 15) is 4.79 Å². The average molecular weight is 265 g/mol. The van der Waals surface area contributed by atoms with E-state index in [1.807, 2.05) is 38.1 Å². The second kappa shape index (κ2) is 7.79. The largest absolute Gasteiger partial charge is 0.481 e. The van der Waals surface area contributed by atoms with Crippen molar-refractivity contribution in [1.82, 2.24) is 4.90 Å². The van der Waals surface area contributed by atoms with Crippen LogP contribution in [0.4, 0.5) is 0 Å². The van der Waals surface area contributed by atoms with Gasteiger partial charge in [-0.15, -0.1) is 0 Å². The van der Waals surface area contributed by atoms with Crippen molar-refractivity contribution in [2.24, 2.45) is 0 Å². The standard InChI is InChI=1S/C15H23NO3/c1-4-16(10-5-11-17)15(18)13(3)19-14-8-6-12(2)7-9-14/h6-9,13,17H,4-5,10-11H2,1-3H3. The lowest BCUT2D eigenvalue weighted by Gasteiger charge is -2.24. The molecule has 1 N–H and O–H groups in total. The minimum absolute atomic E-state index is 0.0449. The number of aliphatic hydroxyl groups is 1. The van der Waals surface area contributed by atoms with Crippen LogP contribution in [-0.2, 0) is 4.79 Å². The van der Waals surface area contributed by atoms with E-state index in [0.29, 0.717) is 25.3 Å². The Morgan fingerprint density at radius 1 is 1.37 bits per heavy atom. The molecule has 0 aliphatic rings. The van der Waals surface area contributed by atoms with Crippen LogP contribution in [0.3, 0.4) is 0 Å². The zero-order chi connectivity index (χ0) is 14.3. The Balaban J connectivity index is 2.57. The minimum atomic E-state index is -0.513. The van der Waals surface area contributed by atoms with Crippen LogP contribution in [-0.4, -0.2) is 41.7 Å². The molecule has 1 unspecified atom stereocenters. The Labute approximate surface area is 115 Å². The molecule has 0 radical (unpaired) electrons. The fourth-order valence-electron chi connectivity index (χ4n) is 1.81. The van der Waals surface area contributed by atoms with Gasteiger partial charge < -0.3 is 14.7 Å². The number of carbonyl (C=O) groups excluding carboxylic acids is 1. The van der Waals surface area contributed by atoms with E-state index in [-0.39, 0.29) is 12.5 Å². The quantitative estimate of drug-likeness (QED) is 0.820. The maximum Gasteiger partial charge on any atom is 0.263 e.